The van der Waals surface area contributed by atoms with Crippen LogP contribution < -0.4 is 55.3 Å². The van der Waals surface area contributed by atoms with Gasteiger partial charge < -0.3 is 109 Å². The Hall–Kier alpha value is -15.6. The molecule has 0 aliphatic carbocycles. The first-order chi connectivity index (χ1) is 69.5. The van der Waals surface area contributed by atoms with Gasteiger partial charge in [0.2, 0.25) is 70.9 Å². The summed E-state index contributed by atoms with van der Waals surface area (Å²) in [6, 6.07) is 65.3. The minimum absolute atomic E-state index is 0.0724. The lowest BCUT2D eigenvalue weighted by molar-refractivity contribution is -0.152. The van der Waals surface area contributed by atoms with Crippen LogP contribution in [0.3, 0.4) is 0 Å². The monoisotopic (exact) mass is 1990 g/mol. The van der Waals surface area contributed by atoms with Crippen molar-refractivity contribution in [1.82, 2.24) is 80.5 Å². The molecule has 8 rings (SSSR count). The first-order valence-corrected chi connectivity index (χ1v) is 49.4. The lowest BCUT2D eigenvalue weighted by atomic mass is 10.0. The molecular weight excluding hydrogens is 1840 g/mol. The summed E-state index contributed by atoms with van der Waals surface area (Å²) in [6.07, 6.45) is 3.03. The fraction of sp³-hybridized carbons (Fsp3) is 0.407. The van der Waals surface area contributed by atoms with Crippen LogP contribution in [0.5, 0.6) is 0 Å². The maximum absolute atomic E-state index is 16.3. The molecule has 19 N–H and O–H groups in total. The Morgan fingerprint density at radius 3 is 0.559 bits per heavy atom. The number of guanidine groups is 4. The average molecular weight is 1990 g/mol. The number of nitrogens with two attached hydrogens (primary N) is 5. The summed E-state index contributed by atoms with van der Waals surface area (Å²) >= 11 is 0. The van der Waals surface area contributed by atoms with Crippen molar-refractivity contribution in [1.29, 1.82) is 21.6 Å². The molecule has 37 nitrogen and oxygen atoms in total. The highest BCUT2D eigenvalue weighted by atomic mass is 16.2. The molecule has 0 bridgehead atoms. The Balaban J connectivity index is 1.15. The van der Waals surface area contributed by atoms with Gasteiger partial charge in [-0.1, -0.05) is 243 Å². The third kappa shape index (κ3) is 37.4. The predicted molar refractivity (Wildman–Crippen MR) is 561 cm³/mol. The molecule has 0 spiro atoms. The summed E-state index contributed by atoms with van der Waals surface area (Å²) in [4.78, 5) is 200. The van der Waals surface area contributed by atoms with Crippen LogP contribution in [0.25, 0.3) is 0 Å². The van der Waals surface area contributed by atoms with Crippen molar-refractivity contribution < 1.29 is 57.5 Å². The van der Waals surface area contributed by atoms with E-state index in [1.807, 2.05) is 61.5 Å². The zero-order valence-electron chi connectivity index (χ0n) is 84.7. The van der Waals surface area contributed by atoms with E-state index in [1.54, 1.807) is 237 Å². The number of amides is 12. The standard InChI is InChI=1S/C108H147N25O12/c1-77(85-41-17-9-18-42-85)126(66-93(109)134)101(142)74-131(82(6)90-51-27-14-28-52-90)98(139)67-123(62-38-35-59-120-106(112)113)96(137)71-129(80(4)88-47-23-12-24-48-88)103(144)76-133(84(8)92-55-31-16-32-56-92)100(141)69-125(64-40-37-61-122-108(116)117)97(138)72-130(81(5)89-49-25-13-26-50-89)104(145)75-132(83(7)91-53-29-15-30-54-91)99(140)68-124(63-39-36-60-121-107(114)115)95(136)70-128(79(3)87-45-21-11-22-46-87)102(143)73-127(78(2)86-43-19-10-20-44-86)94(135)65-118-57-33-34-58-119-105(110)111/h9-32,41-56,77-84,118H,33-40,57-76H2,1-8H3,(H2,109,134)(H4,110,111,119)(H4,112,113,120)(H4,114,115,121)(H4,116,117,122)/t77-,78-,79-,80-,81-,82-,83-,84-/m0/s1. The van der Waals surface area contributed by atoms with E-state index in [2.05, 4.69) is 26.6 Å². The molecule has 8 aromatic carbocycles. The highest BCUT2D eigenvalue weighted by Gasteiger charge is 2.40. The third-order valence-electron chi connectivity index (χ3n) is 25.9. The number of hydrogen-bond donors (Lipinski definition) is 14. The van der Waals surface area contributed by atoms with E-state index in [0.29, 0.717) is 84.1 Å². The van der Waals surface area contributed by atoms with Gasteiger partial charge in [0, 0.05) is 45.8 Å². The van der Waals surface area contributed by atoms with Crippen LogP contribution in [0.4, 0.5) is 0 Å². The molecule has 0 radical (unpaired) electrons. The molecule has 0 aliphatic heterocycles. The van der Waals surface area contributed by atoms with Crippen LogP contribution in [0, 0.1) is 21.6 Å². The second-order valence-corrected chi connectivity index (χ2v) is 36.1. The quantitative estimate of drug-likeness (QED) is 0.00967. The van der Waals surface area contributed by atoms with Crippen molar-refractivity contribution in [3.05, 3.63) is 287 Å². The largest absolute Gasteiger partial charge is 0.370 e. The molecule has 145 heavy (non-hydrogen) atoms. The zero-order chi connectivity index (χ0) is 105. The van der Waals surface area contributed by atoms with Gasteiger partial charge in [0.25, 0.3) is 0 Å². The Bertz CT molecular complexity index is 5460. The van der Waals surface area contributed by atoms with Crippen LogP contribution in [0.1, 0.15) is 200 Å². The second-order valence-electron chi connectivity index (χ2n) is 36.1. The maximum atomic E-state index is 16.3. The Labute approximate surface area is 851 Å². The van der Waals surface area contributed by atoms with Crippen LogP contribution in [-0.4, -0.2) is 280 Å². The Morgan fingerprint density at radius 2 is 0.372 bits per heavy atom. The fourth-order valence-corrected chi connectivity index (χ4v) is 17.2. The molecule has 0 heterocycles. The van der Waals surface area contributed by atoms with Gasteiger partial charge in [-0.05, 0) is 158 Å². The minimum atomic E-state index is -0.924. The number of rotatable bonds is 60. The summed E-state index contributed by atoms with van der Waals surface area (Å²) < 4.78 is 0. The van der Waals surface area contributed by atoms with Crippen LogP contribution in [-0.2, 0) is 57.5 Å². The summed E-state index contributed by atoms with van der Waals surface area (Å²) in [7, 11) is 0. The molecule has 0 unspecified atom stereocenters. The van der Waals surface area contributed by atoms with Crippen molar-refractivity contribution in [2.75, 3.05) is 131 Å². The lowest BCUT2D eigenvalue weighted by Crippen LogP contribution is -2.54. The summed E-state index contributed by atoms with van der Waals surface area (Å²) in [5, 5.41) is 45.6. The van der Waals surface area contributed by atoms with Crippen LogP contribution in [0.2, 0.25) is 0 Å². The van der Waals surface area contributed by atoms with Crippen molar-refractivity contribution in [2.24, 2.45) is 28.7 Å². The van der Waals surface area contributed by atoms with E-state index in [0.717, 1.165) is 5.56 Å². The predicted octanol–water partition coefficient (Wildman–Crippen LogP) is 8.32. The highest BCUT2D eigenvalue weighted by Crippen LogP contribution is 2.32. The Morgan fingerprint density at radius 1 is 0.214 bits per heavy atom. The SMILES string of the molecule is C[C@@H](c1ccccc1)N(CC(N)=O)C(=O)CN(C(=O)CN(CCCCNC(=N)N)C(=O)CN(C(=O)CN(C(=O)CN(CCCCNC(=N)N)C(=O)CN(C(=O)CN(C(=O)CN(CCCCNC(=N)N)C(=O)CN(C(=O)CN(C(=O)CNCCCCNC(=N)N)[C@@H](C)c1ccccc1)[C@@H](C)c1ccccc1)[C@@H](C)c1ccccc1)[C@@H](C)c1ccccc1)[C@@H](C)c1ccccc1)[C@@H](C)c1ccccc1)[C@@H](C)c1ccccc1. The van der Waals surface area contributed by atoms with E-state index in [-0.39, 0.29) is 88.9 Å². The first-order valence-electron chi connectivity index (χ1n) is 49.4. The molecule has 776 valence electrons. The minimum Gasteiger partial charge on any atom is -0.370 e. The van der Waals surface area contributed by atoms with Crippen LogP contribution in [0.15, 0.2) is 243 Å². The summed E-state index contributed by atoms with van der Waals surface area (Å²) in [5.41, 5.74) is 33.6. The third-order valence-corrected chi connectivity index (χ3v) is 25.9. The highest BCUT2D eigenvalue weighted by molar-refractivity contribution is 5.96. The van der Waals surface area contributed by atoms with Crippen LogP contribution >= 0.6 is 0 Å². The van der Waals surface area contributed by atoms with Gasteiger partial charge in [-0.15, -0.1) is 0 Å². The van der Waals surface area contributed by atoms with Crippen molar-refractivity contribution in [3.8, 4) is 0 Å². The number of carbonyl (C=O) groups excluding carboxylic acids is 12. The van der Waals surface area contributed by atoms with Gasteiger partial charge in [-0.3, -0.25) is 79.2 Å². The molecule has 0 fully saturated rings. The molecule has 0 aromatic heterocycles. The fourth-order valence-electron chi connectivity index (χ4n) is 17.2. The average Bonchev–Trinajstić information content (AvgIpc) is 0.746. The molecule has 8 aromatic rings. The summed E-state index contributed by atoms with van der Waals surface area (Å²) in [5.74, 6) is -9.05. The van der Waals surface area contributed by atoms with E-state index in [4.69, 9.17) is 50.3 Å². The van der Waals surface area contributed by atoms with E-state index < -0.39 is 191 Å². The second kappa shape index (κ2) is 60.0. The van der Waals surface area contributed by atoms with Crippen molar-refractivity contribution in [2.45, 2.75) is 155 Å². The van der Waals surface area contributed by atoms with Crippen molar-refractivity contribution in [3.63, 3.8) is 0 Å². The number of benzene rings is 8. The number of nitrogens with one attached hydrogen (secondary N) is 9. The molecule has 0 aliphatic rings. The normalized spacial score (nSPS) is 12.6. The number of hydrogen-bond acceptors (Lipinski definition) is 17. The summed E-state index contributed by atoms with van der Waals surface area (Å²) in [6.45, 7) is 8.30. The molecule has 0 saturated heterocycles. The number of carbonyl (C=O) groups is 12. The van der Waals surface area contributed by atoms with E-state index in [1.165, 1.54) is 53.9 Å². The number of primary amides is 1. The molecular formula is C108H147N25O12. The van der Waals surface area contributed by atoms with Gasteiger partial charge >= 0.3 is 0 Å². The zero-order valence-corrected chi connectivity index (χ0v) is 84.7. The van der Waals surface area contributed by atoms with E-state index >= 15 is 43.2 Å². The number of nitrogens with zero attached hydrogens (tertiary/aromatic N) is 11. The molecule has 37 heteroatoms. The smallest absolute Gasteiger partial charge is 0.243 e. The van der Waals surface area contributed by atoms with Gasteiger partial charge in [-0.2, -0.15) is 0 Å². The van der Waals surface area contributed by atoms with E-state index in [9.17, 15) is 14.4 Å². The van der Waals surface area contributed by atoms with Crippen molar-refractivity contribution >= 4 is 94.7 Å². The van der Waals surface area contributed by atoms with Gasteiger partial charge in [-0.25, -0.2) is 0 Å². The number of unbranched alkanes of at least 4 members (excludes halogenated alkanes) is 4. The maximum Gasteiger partial charge on any atom is 0.243 e. The lowest BCUT2D eigenvalue weighted by Gasteiger charge is -2.38. The molecule has 8 atom stereocenters. The Kier molecular flexibility index (Phi) is 47.5. The van der Waals surface area contributed by atoms with Gasteiger partial charge in [0.1, 0.15) is 45.8 Å². The topological polar surface area (TPSA) is 526 Å². The first kappa shape index (κ1) is 115. The molecule has 0 saturated carbocycles. The van der Waals surface area contributed by atoms with Gasteiger partial charge in [0.15, 0.2) is 23.8 Å². The van der Waals surface area contributed by atoms with Gasteiger partial charge in [0.05, 0.1) is 81.1 Å². The molecule has 12 amide bonds.